The van der Waals surface area contributed by atoms with Gasteiger partial charge in [-0.15, -0.1) is 0 Å². The van der Waals surface area contributed by atoms with Crippen molar-refractivity contribution in [1.29, 1.82) is 0 Å². The van der Waals surface area contributed by atoms with Crippen molar-refractivity contribution in [1.82, 2.24) is 9.97 Å². The smallest absolute Gasteiger partial charge is 0.416 e. The van der Waals surface area contributed by atoms with E-state index in [2.05, 4.69) is 15.3 Å². The molecule has 3 aromatic rings. The van der Waals surface area contributed by atoms with Crippen molar-refractivity contribution in [2.45, 2.75) is 19.1 Å². The molecule has 0 aliphatic heterocycles. The highest BCUT2D eigenvalue weighted by Gasteiger charge is 2.31. The number of rotatable bonds is 9. The Balaban J connectivity index is 2.08. The van der Waals surface area contributed by atoms with Gasteiger partial charge in [0.2, 0.25) is 5.82 Å². The number of hydrogen-bond acceptors (Lipinski definition) is 8. The maximum Gasteiger partial charge on any atom is 0.416 e. The van der Waals surface area contributed by atoms with E-state index in [1.807, 2.05) is 0 Å². The van der Waals surface area contributed by atoms with Crippen molar-refractivity contribution < 1.29 is 37.3 Å². The predicted molar refractivity (Wildman–Crippen MR) is 118 cm³/mol. The van der Waals surface area contributed by atoms with E-state index >= 15 is 0 Å². The third-order valence-corrected chi connectivity index (χ3v) is 4.88. The number of anilines is 2. The van der Waals surface area contributed by atoms with Crippen LogP contribution in [0.3, 0.4) is 0 Å². The molecule has 0 saturated heterocycles. The zero-order chi connectivity index (χ0) is 25.0. The quantitative estimate of drug-likeness (QED) is 0.306. The molecule has 34 heavy (non-hydrogen) atoms. The molecular formula is C22H23F3N4O5. The van der Waals surface area contributed by atoms with Crippen LogP contribution in [-0.2, 0) is 10.9 Å². The number of carboxylic acids is 1. The number of nitrogens with zero attached hydrogens (tertiary/aromatic N) is 2. The monoisotopic (exact) mass is 480 g/mol. The molecule has 2 aromatic carbocycles. The van der Waals surface area contributed by atoms with E-state index in [0.29, 0.717) is 23.5 Å². The standard InChI is InChI=1S/C22H23F3N4O5/c1-11(12-6-13(22(23,24)25)8-14(26)7-12)27-19-15-9-18(34-5-4-32-2)17(33-3)10-16(15)28-20(29-19)21(30)31/h6-11H,4-5,26H2,1-3H3,(H,30,31)(H,27,28,29)/t11-/m1/s1. The largest absolute Gasteiger partial charge is 0.493 e. The van der Waals surface area contributed by atoms with Crippen molar-refractivity contribution in [3.8, 4) is 11.5 Å². The first-order chi connectivity index (χ1) is 16.0. The fourth-order valence-corrected chi connectivity index (χ4v) is 3.23. The minimum Gasteiger partial charge on any atom is -0.493 e. The number of halogens is 3. The third-order valence-electron chi connectivity index (χ3n) is 4.88. The molecule has 0 aliphatic carbocycles. The lowest BCUT2D eigenvalue weighted by molar-refractivity contribution is -0.137. The van der Waals surface area contributed by atoms with E-state index in [0.717, 1.165) is 12.1 Å². The Morgan fingerprint density at radius 3 is 2.47 bits per heavy atom. The van der Waals surface area contributed by atoms with Gasteiger partial charge in [0.05, 0.1) is 30.8 Å². The summed E-state index contributed by atoms with van der Waals surface area (Å²) >= 11 is 0. The van der Waals surface area contributed by atoms with Crippen LogP contribution in [0.1, 0.15) is 34.7 Å². The van der Waals surface area contributed by atoms with Gasteiger partial charge in [-0.2, -0.15) is 13.2 Å². The zero-order valence-electron chi connectivity index (χ0n) is 18.6. The number of alkyl halides is 3. The first kappa shape index (κ1) is 24.8. The summed E-state index contributed by atoms with van der Waals surface area (Å²) in [6.45, 7) is 2.13. The lowest BCUT2D eigenvalue weighted by Crippen LogP contribution is -2.14. The van der Waals surface area contributed by atoms with E-state index < -0.39 is 29.6 Å². The average Bonchev–Trinajstić information content (AvgIpc) is 2.77. The van der Waals surface area contributed by atoms with Crippen LogP contribution in [0.4, 0.5) is 24.7 Å². The highest BCUT2D eigenvalue weighted by molar-refractivity contribution is 5.95. The number of nitrogen functional groups attached to an aromatic ring is 1. The van der Waals surface area contributed by atoms with Gasteiger partial charge in [-0.1, -0.05) is 0 Å². The van der Waals surface area contributed by atoms with Gasteiger partial charge in [0.15, 0.2) is 11.5 Å². The Labute approximate surface area is 192 Å². The number of benzene rings is 2. The molecule has 0 bridgehead atoms. The SMILES string of the molecule is COCCOc1cc2c(N[C@H](C)c3cc(N)cc(C(F)(F)F)c3)nc(C(=O)O)nc2cc1OC. The third kappa shape index (κ3) is 5.57. The van der Waals surface area contributed by atoms with Crippen LogP contribution in [0.15, 0.2) is 30.3 Å². The number of carboxylic acid groups (broad SMARTS) is 1. The van der Waals surface area contributed by atoms with E-state index in [1.165, 1.54) is 26.4 Å². The number of nitrogens with two attached hydrogens (primary N) is 1. The summed E-state index contributed by atoms with van der Waals surface area (Å²) in [4.78, 5) is 19.7. The van der Waals surface area contributed by atoms with Gasteiger partial charge in [-0.05, 0) is 36.8 Å². The summed E-state index contributed by atoms with van der Waals surface area (Å²) in [5.74, 6) is -1.15. The molecule has 0 saturated carbocycles. The number of fused-ring (bicyclic) bond motifs is 1. The van der Waals surface area contributed by atoms with E-state index in [9.17, 15) is 23.1 Å². The minimum atomic E-state index is -4.58. The number of hydrogen-bond donors (Lipinski definition) is 3. The summed E-state index contributed by atoms with van der Waals surface area (Å²) in [5, 5.41) is 12.8. The molecule has 9 nitrogen and oxygen atoms in total. The van der Waals surface area contributed by atoms with Gasteiger partial charge in [0.25, 0.3) is 0 Å². The van der Waals surface area contributed by atoms with Gasteiger partial charge in [0, 0.05) is 24.2 Å². The molecule has 1 aromatic heterocycles. The number of nitrogens with one attached hydrogen (secondary N) is 1. The molecule has 0 unspecified atom stereocenters. The van der Waals surface area contributed by atoms with Crippen molar-refractivity contribution in [2.24, 2.45) is 0 Å². The number of aromatic carboxylic acids is 1. The van der Waals surface area contributed by atoms with Gasteiger partial charge >= 0.3 is 12.1 Å². The summed E-state index contributed by atoms with van der Waals surface area (Å²) in [7, 11) is 2.94. The van der Waals surface area contributed by atoms with Crippen LogP contribution in [0.2, 0.25) is 0 Å². The van der Waals surface area contributed by atoms with Gasteiger partial charge < -0.3 is 30.4 Å². The molecule has 0 fully saturated rings. The Bertz CT molecular complexity index is 1200. The van der Waals surface area contributed by atoms with Crippen molar-refractivity contribution in [2.75, 3.05) is 38.5 Å². The molecule has 1 atom stereocenters. The highest BCUT2D eigenvalue weighted by atomic mass is 19.4. The van der Waals surface area contributed by atoms with Crippen LogP contribution in [0, 0.1) is 0 Å². The van der Waals surface area contributed by atoms with Crippen LogP contribution in [0.5, 0.6) is 11.5 Å². The van der Waals surface area contributed by atoms with Gasteiger partial charge in [-0.3, -0.25) is 0 Å². The zero-order valence-corrected chi connectivity index (χ0v) is 18.6. The van der Waals surface area contributed by atoms with Gasteiger partial charge in [-0.25, -0.2) is 14.8 Å². The molecule has 0 radical (unpaired) electrons. The Morgan fingerprint density at radius 2 is 1.85 bits per heavy atom. The van der Waals surface area contributed by atoms with E-state index in [4.69, 9.17) is 19.9 Å². The first-order valence-corrected chi connectivity index (χ1v) is 10.0. The van der Waals surface area contributed by atoms with E-state index in [-0.39, 0.29) is 29.2 Å². The first-order valence-electron chi connectivity index (χ1n) is 10.0. The molecule has 4 N–H and O–H groups in total. The summed E-state index contributed by atoms with van der Waals surface area (Å²) in [5.41, 5.74) is 5.20. The average molecular weight is 480 g/mol. The van der Waals surface area contributed by atoms with E-state index in [1.54, 1.807) is 13.0 Å². The van der Waals surface area contributed by atoms with Crippen molar-refractivity contribution in [3.05, 3.63) is 47.3 Å². The highest BCUT2D eigenvalue weighted by Crippen LogP contribution is 2.37. The summed E-state index contributed by atoms with van der Waals surface area (Å²) in [6, 6.07) is 5.54. The molecule has 12 heteroatoms. The van der Waals surface area contributed by atoms with Crippen LogP contribution >= 0.6 is 0 Å². The summed E-state index contributed by atoms with van der Waals surface area (Å²) in [6.07, 6.45) is -4.58. The molecule has 0 spiro atoms. The van der Waals surface area contributed by atoms with Crippen molar-refractivity contribution in [3.63, 3.8) is 0 Å². The fraction of sp³-hybridized carbons (Fsp3) is 0.318. The number of carbonyl (C=O) groups is 1. The normalized spacial score (nSPS) is 12.4. The maximum atomic E-state index is 13.2. The Kier molecular flexibility index (Phi) is 7.30. The number of aromatic nitrogens is 2. The Morgan fingerprint density at radius 1 is 1.12 bits per heavy atom. The van der Waals surface area contributed by atoms with Gasteiger partial charge in [0.1, 0.15) is 12.4 Å². The second-order valence-electron chi connectivity index (χ2n) is 7.31. The molecule has 0 aliphatic rings. The topological polar surface area (TPSA) is 129 Å². The minimum absolute atomic E-state index is 0.0594. The lowest BCUT2D eigenvalue weighted by Gasteiger charge is -2.19. The number of ether oxygens (including phenoxy) is 3. The second kappa shape index (κ2) is 10.00. The predicted octanol–water partition coefficient (Wildman–Crippen LogP) is 4.14. The van der Waals surface area contributed by atoms with Crippen molar-refractivity contribution >= 4 is 28.4 Å². The molecular weight excluding hydrogens is 457 g/mol. The molecule has 182 valence electrons. The molecule has 3 rings (SSSR count). The maximum absolute atomic E-state index is 13.2. The van der Waals surface area contributed by atoms with Crippen LogP contribution in [-0.4, -0.2) is 48.5 Å². The Hall–Kier alpha value is -3.80. The molecule has 1 heterocycles. The lowest BCUT2D eigenvalue weighted by atomic mass is 10.0. The fourth-order valence-electron chi connectivity index (χ4n) is 3.23. The van der Waals surface area contributed by atoms with Crippen LogP contribution in [0.25, 0.3) is 10.9 Å². The van der Waals surface area contributed by atoms with Crippen LogP contribution < -0.4 is 20.5 Å². The molecule has 0 amide bonds. The summed E-state index contributed by atoms with van der Waals surface area (Å²) < 4.78 is 55.7. The second-order valence-corrected chi connectivity index (χ2v) is 7.31. The number of methoxy groups -OCH3 is 2.